The minimum Gasteiger partial charge on any atom is -0.733 e. The van der Waals surface area contributed by atoms with Crippen LogP contribution in [0.1, 0.15) is 17.3 Å². The summed E-state index contributed by atoms with van der Waals surface area (Å²) in [4.78, 5) is 11.2. The normalized spacial score (nSPS) is 10.2. The Kier molecular flexibility index (Phi) is 3.41. The maximum Gasteiger partial charge on any atom is 0.159 e. The molecule has 0 fully saturated rings. The van der Waals surface area contributed by atoms with Crippen LogP contribution in [-0.2, 0) is 0 Å². The number of nitrogens with zero attached hydrogens (tertiary/aromatic N) is 1. The van der Waals surface area contributed by atoms with E-state index < -0.39 is 0 Å². The van der Waals surface area contributed by atoms with Gasteiger partial charge in [-0.3, -0.25) is 10.0 Å². The second kappa shape index (κ2) is 5.00. The van der Waals surface area contributed by atoms with E-state index in [0.29, 0.717) is 5.56 Å². The van der Waals surface area contributed by atoms with Crippen molar-refractivity contribution < 1.29 is 10.0 Å². The smallest absolute Gasteiger partial charge is 0.159 e. The highest BCUT2D eigenvalue weighted by Crippen LogP contribution is 2.24. The highest BCUT2D eigenvalue weighted by molar-refractivity contribution is 5.94. The largest absolute Gasteiger partial charge is 0.733 e. The molecule has 0 heterocycles. The molecule has 2 aromatic carbocycles. The van der Waals surface area contributed by atoms with Crippen molar-refractivity contribution in [1.82, 2.24) is 0 Å². The summed E-state index contributed by atoms with van der Waals surface area (Å²) in [6.07, 6.45) is 0. The molecular weight excluding hydrogens is 230 g/mol. The molecule has 0 bridgehead atoms. The molecule has 0 aliphatic rings. The minimum atomic E-state index is -0.173. The first-order valence-corrected chi connectivity index (χ1v) is 5.45. The Morgan fingerprint density at radius 3 is 2.33 bits per heavy atom. The number of carbonyl (C=O) groups is 1. The average Bonchev–Trinajstić information content (AvgIpc) is 2.39. The van der Waals surface area contributed by atoms with E-state index in [9.17, 15) is 10.0 Å². The van der Waals surface area contributed by atoms with E-state index in [1.165, 1.54) is 13.0 Å². The number of hydrogen-bond acceptors (Lipinski definition) is 4. The van der Waals surface area contributed by atoms with Crippen LogP contribution in [0.2, 0.25) is 0 Å². The number of Topliss-reactive ketones (excluding diaryl/α,β-unsaturated/α-hetero) is 1. The Morgan fingerprint density at radius 2 is 1.78 bits per heavy atom. The molecule has 0 amide bonds. The Morgan fingerprint density at radius 1 is 1.11 bits per heavy atom. The summed E-state index contributed by atoms with van der Waals surface area (Å²) in [5, 5.41) is 19.5. The average molecular weight is 242 g/mol. The third-order valence-electron chi connectivity index (χ3n) is 2.69. The van der Waals surface area contributed by atoms with Crippen molar-refractivity contribution in [3.8, 4) is 11.1 Å². The molecule has 4 nitrogen and oxygen atoms in total. The van der Waals surface area contributed by atoms with E-state index in [-0.39, 0.29) is 16.7 Å². The van der Waals surface area contributed by atoms with E-state index in [4.69, 9.17) is 5.21 Å². The van der Waals surface area contributed by atoms with Crippen molar-refractivity contribution >= 4 is 11.5 Å². The molecule has 0 unspecified atom stereocenters. The van der Waals surface area contributed by atoms with Gasteiger partial charge in [0.05, 0.1) is 5.69 Å². The molecule has 2 rings (SSSR count). The van der Waals surface area contributed by atoms with Crippen molar-refractivity contribution in [2.24, 2.45) is 0 Å². The third kappa shape index (κ3) is 2.56. The summed E-state index contributed by atoms with van der Waals surface area (Å²) in [5.41, 5.74) is 2.49. The molecule has 1 N–H and O–H groups in total. The quantitative estimate of drug-likeness (QED) is 0.662. The molecule has 2 aromatic rings. The van der Waals surface area contributed by atoms with Crippen LogP contribution in [-0.4, -0.2) is 11.0 Å². The molecule has 0 aliphatic heterocycles. The lowest BCUT2D eigenvalue weighted by Gasteiger charge is -2.22. The summed E-state index contributed by atoms with van der Waals surface area (Å²) in [5.74, 6) is 0.0105. The van der Waals surface area contributed by atoms with Gasteiger partial charge in [0.1, 0.15) is 0 Å². The number of anilines is 1. The van der Waals surface area contributed by atoms with Crippen molar-refractivity contribution in [2.75, 3.05) is 5.23 Å². The molecule has 0 aromatic heterocycles. The van der Waals surface area contributed by atoms with E-state index in [2.05, 4.69) is 0 Å². The van der Waals surface area contributed by atoms with Crippen LogP contribution in [0.3, 0.4) is 0 Å². The van der Waals surface area contributed by atoms with E-state index in [1.807, 2.05) is 18.2 Å². The zero-order valence-corrected chi connectivity index (χ0v) is 9.83. The van der Waals surface area contributed by atoms with Gasteiger partial charge in [0.25, 0.3) is 0 Å². The minimum absolute atomic E-state index is 0.0105. The molecule has 0 saturated carbocycles. The van der Waals surface area contributed by atoms with E-state index in [1.54, 1.807) is 24.3 Å². The van der Waals surface area contributed by atoms with Crippen LogP contribution < -0.4 is 5.23 Å². The van der Waals surface area contributed by atoms with Gasteiger partial charge < -0.3 is 10.4 Å². The third-order valence-corrected chi connectivity index (χ3v) is 2.69. The molecule has 92 valence electrons. The monoisotopic (exact) mass is 242 g/mol. The molecule has 18 heavy (non-hydrogen) atoms. The van der Waals surface area contributed by atoms with Gasteiger partial charge in [-0.15, -0.1) is 0 Å². The molecule has 0 saturated heterocycles. The van der Waals surface area contributed by atoms with E-state index >= 15 is 0 Å². The Balaban J connectivity index is 2.36. The van der Waals surface area contributed by atoms with Crippen LogP contribution in [0, 0.1) is 5.21 Å². The Labute approximate surface area is 105 Å². The van der Waals surface area contributed by atoms with Crippen LogP contribution in [0.5, 0.6) is 0 Å². The van der Waals surface area contributed by atoms with Gasteiger partial charge in [0.2, 0.25) is 0 Å². The fourth-order valence-corrected chi connectivity index (χ4v) is 1.70. The topological polar surface area (TPSA) is 63.6 Å². The van der Waals surface area contributed by atoms with Gasteiger partial charge in [0.15, 0.2) is 5.78 Å². The first-order valence-electron chi connectivity index (χ1n) is 5.45. The first-order chi connectivity index (χ1) is 8.58. The van der Waals surface area contributed by atoms with Gasteiger partial charge in [-0.05, 0) is 30.2 Å². The first kappa shape index (κ1) is 12.3. The maximum absolute atomic E-state index is 11.2. The predicted molar refractivity (Wildman–Crippen MR) is 69.5 cm³/mol. The summed E-state index contributed by atoms with van der Waals surface area (Å²) in [6, 6.07) is 13.7. The number of hydrogen-bond donors (Lipinski definition) is 1. The Bertz CT molecular complexity index is 562. The van der Waals surface area contributed by atoms with Gasteiger partial charge in [0, 0.05) is 5.56 Å². The predicted octanol–water partition coefficient (Wildman–Crippen LogP) is 3.25. The number of ketones is 1. The number of carbonyl (C=O) groups excluding carboxylic acids is 1. The number of rotatable bonds is 3. The Hall–Kier alpha value is -2.17. The highest BCUT2D eigenvalue weighted by Gasteiger charge is 2.02. The molecule has 0 radical (unpaired) electrons. The molecule has 0 atom stereocenters. The lowest BCUT2D eigenvalue weighted by molar-refractivity contribution is 0.101. The molecular formula is C14H12NO3-. The maximum atomic E-state index is 11.2. The van der Waals surface area contributed by atoms with Crippen molar-refractivity contribution in [3.05, 3.63) is 59.3 Å². The van der Waals surface area contributed by atoms with Gasteiger partial charge in [-0.2, -0.15) is 0 Å². The van der Waals surface area contributed by atoms with Gasteiger partial charge in [-0.1, -0.05) is 36.4 Å². The fourth-order valence-electron chi connectivity index (χ4n) is 1.70. The van der Waals surface area contributed by atoms with Crippen LogP contribution in [0.25, 0.3) is 11.1 Å². The SMILES string of the molecule is CC(=O)c1ccc(-c2cccc(N([O-])O)c2)cc1. The zero-order chi connectivity index (χ0) is 13.1. The lowest BCUT2D eigenvalue weighted by atomic mass is 10.0. The van der Waals surface area contributed by atoms with Crippen LogP contribution in [0.15, 0.2) is 48.5 Å². The van der Waals surface area contributed by atoms with Crippen LogP contribution >= 0.6 is 0 Å². The number of benzene rings is 2. The second-order valence-corrected chi connectivity index (χ2v) is 3.96. The van der Waals surface area contributed by atoms with Crippen molar-refractivity contribution in [3.63, 3.8) is 0 Å². The summed E-state index contributed by atoms with van der Waals surface area (Å²) in [6.45, 7) is 1.51. The summed E-state index contributed by atoms with van der Waals surface area (Å²) >= 11 is 0. The molecule has 4 heteroatoms. The van der Waals surface area contributed by atoms with E-state index in [0.717, 1.165) is 11.1 Å². The molecule has 0 spiro atoms. The fraction of sp³-hybridized carbons (Fsp3) is 0.0714. The van der Waals surface area contributed by atoms with Gasteiger partial charge in [-0.25, -0.2) is 0 Å². The van der Waals surface area contributed by atoms with Gasteiger partial charge >= 0.3 is 0 Å². The van der Waals surface area contributed by atoms with Crippen molar-refractivity contribution in [1.29, 1.82) is 0 Å². The summed E-state index contributed by atoms with van der Waals surface area (Å²) < 4.78 is 0. The lowest BCUT2D eigenvalue weighted by Crippen LogP contribution is -2.06. The summed E-state index contributed by atoms with van der Waals surface area (Å²) in [7, 11) is 0. The zero-order valence-electron chi connectivity index (χ0n) is 9.83. The second-order valence-electron chi connectivity index (χ2n) is 3.96. The standard InChI is InChI=1S/C14H12NO3/c1-10(16)11-5-7-12(8-6-11)13-3-2-4-14(9-13)15(17)18/h2-9,17H,1H3/q-1. The highest BCUT2D eigenvalue weighted by atomic mass is 16.8. The van der Waals surface area contributed by atoms with Crippen LogP contribution in [0.4, 0.5) is 5.69 Å². The van der Waals surface area contributed by atoms with Crippen molar-refractivity contribution in [2.45, 2.75) is 6.92 Å². The molecule has 0 aliphatic carbocycles.